The van der Waals surface area contributed by atoms with Crippen LogP contribution in [-0.2, 0) is 0 Å². The first-order valence-electron chi connectivity index (χ1n) is 19.6. The molecule has 0 aliphatic rings. The minimum atomic E-state index is 0.793. The first-order chi connectivity index (χ1) is 28.8. The molecule has 0 bridgehead atoms. The summed E-state index contributed by atoms with van der Waals surface area (Å²) in [7, 11) is 0. The van der Waals surface area contributed by atoms with E-state index < -0.39 is 0 Å². The van der Waals surface area contributed by atoms with Gasteiger partial charge in [-0.15, -0.1) is 10.2 Å². The zero-order valence-corrected chi connectivity index (χ0v) is 31.7. The fourth-order valence-corrected chi connectivity index (χ4v) is 8.01. The lowest BCUT2D eigenvalue weighted by molar-refractivity contribution is 1.08. The summed E-state index contributed by atoms with van der Waals surface area (Å²) in [6.07, 6.45) is 0. The van der Waals surface area contributed by atoms with Gasteiger partial charge in [0.2, 0.25) is 0 Å². The van der Waals surface area contributed by atoms with E-state index in [1.54, 1.807) is 0 Å². The van der Waals surface area contributed by atoms with Crippen LogP contribution in [0, 0.1) is 0 Å². The largest absolute Gasteiger partial charge is 0.311 e. The van der Waals surface area contributed by atoms with Gasteiger partial charge in [0, 0.05) is 33.6 Å². The second-order valence-corrected chi connectivity index (χ2v) is 14.3. The van der Waals surface area contributed by atoms with E-state index >= 15 is 0 Å². The van der Waals surface area contributed by atoms with Crippen molar-refractivity contribution >= 4 is 27.8 Å². The number of hydrogen-bond donors (Lipinski definition) is 0. The van der Waals surface area contributed by atoms with E-state index in [2.05, 4.69) is 222 Å². The van der Waals surface area contributed by atoms with Gasteiger partial charge < -0.3 is 4.90 Å². The molecule has 274 valence electrons. The van der Waals surface area contributed by atoms with Crippen LogP contribution in [0.2, 0.25) is 0 Å². The van der Waals surface area contributed by atoms with Gasteiger partial charge in [0.25, 0.3) is 0 Å². The molecule has 4 nitrogen and oxygen atoms in total. The van der Waals surface area contributed by atoms with Gasteiger partial charge >= 0.3 is 0 Å². The molecule has 0 saturated heterocycles. The maximum atomic E-state index is 4.82. The molecule has 0 saturated carbocycles. The number of rotatable bonds is 9. The highest BCUT2D eigenvalue weighted by molar-refractivity contribution is 5.94. The Kier molecular flexibility index (Phi) is 9.18. The van der Waals surface area contributed by atoms with E-state index in [0.29, 0.717) is 0 Å². The summed E-state index contributed by atoms with van der Waals surface area (Å²) in [5, 5.41) is 11.9. The van der Waals surface area contributed by atoms with E-state index in [1.807, 2.05) is 18.2 Å². The molecule has 0 atom stereocenters. The molecule has 0 aliphatic carbocycles. The molecule has 0 amide bonds. The van der Waals surface area contributed by atoms with Crippen LogP contribution in [-0.4, -0.2) is 14.8 Å². The second kappa shape index (κ2) is 15.4. The molecule has 10 aromatic rings. The lowest BCUT2D eigenvalue weighted by atomic mass is 9.89. The van der Waals surface area contributed by atoms with Gasteiger partial charge in [0.15, 0.2) is 11.6 Å². The molecule has 4 heteroatoms. The number of hydrogen-bond acceptors (Lipinski definition) is 3. The SMILES string of the molecule is c1ccc(-c2nnc(-c3ccc(-c4ccccc4-c4ccccc4-c4ccc(N(c5ccccc5)c5ccccc5)cc4)cc3)n2-c2cccc3ccccc23)cc1. The third-order valence-electron chi connectivity index (χ3n) is 10.8. The van der Waals surface area contributed by atoms with Gasteiger partial charge in [-0.3, -0.25) is 4.57 Å². The van der Waals surface area contributed by atoms with Gasteiger partial charge in [0.05, 0.1) is 5.69 Å². The Morgan fingerprint density at radius 1 is 0.293 bits per heavy atom. The van der Waals surface area contributed by atoms with Crippen LogP contribution < -0.4 is 4.90 Å². The summed E-state index contributed by atoms with van der Waals surface area (Å²) >= 11 is 0. The smallest absolute Gasteiger partial charge is 0.168 e. The fraction of sp³-hybridized carbons (Fsp3) is 0. The van der Waals surface area contributed by atoms with Crippen LogP contribution in [0.5, 0.6) is 0 Å². The number of anilines is 3. The van der Waals surface area contributed by atoms with Crippen molar-refractivity contribution in [1.29, 1.82) is 0 Å². The van der Waals surface area contributed by atoms with Crippen molar-refractivity contribution in [3.63, 3.8) is 0 Å². The molecule has 0 N–H and O–H groups in total. The highest BCUT2D eigenvalue weighted by atomic mass is 15.3. The molecule has 0 fully saturated rings. The number of benzene rings is 9. The van der Waals surface area contributed by atoms with Crippen LogP contribution in [0.3, 0.4) is 0 Å². The van der Waals surface area contributed by atoms with Crippen LogP contribution in [0.25, 0.3) is 72.6 Å². The van der Waals surface area contributed by atoms with E-state index in [0.717, 1.165) is 67.6 Å². The third kappa shape index (κ3) is 6.53. The Hall–Kier alpha value is -7.82. The Labute approximate surface area is 338 Å². The minimum Gasteiger partial charge on any atom is -0.311 e. The standard InChI is InChI=1S/C54H38N4/c1-4-18-42(19-5-1)53-55-56-54(58(53)52-30-16-20-39-17-10-11-27-49(39)52)43-33-31-40(32-34-43)47-25-12-14-28-50(47)51-29-15-13-26-48(51)41-35-37-46(38-36-41)57(44-21-6-2-7-22-44)45-23-8-3-9-24-45/h1-38H. The first-order valence-corrected chi connectivity index (χ1v) is 19.6. The van der Waals surface area contributed by atoms with Gasteiger partial charge in [-0.1, -0.05) is 188 Å². The fourth-order valence-electron chi connectivity index (χ4n) is 8.01. The Morgan fingerprint density at radius 3 is 1.26 bits per heavy atom. The zero-order valence-electron chi connectivity index (χ0n) is 31.7. The van der Waals surface area contributed by atoms with Crippen LogP contribution in [0.15, 0.2) is 231 Å². The van der Waals surface area contributed by atoms with Crippen molar-refractivity contribution < 1.29 is 0 Å². The van der Waals surface area contributed by atoms with E-state index in [-0.39, 0.29) is 0 Å². The van der Waals surface area contributed by atoms with Crippen molar-refractivity contribution in [1.82, 2.24) is 14.8 Å². The molecule has 58 heavy (non-hydrogen) atoms. The number of aromatic nitrogens is 3. The normalized spacial score (nSPS) is 11.1. The Bertz CT molecular complexity index is 2930. The monoisotopic (exact) mass is 742 g/mol. The van der Waals surface area contributed by atoms with Gasteiger partial charge in [0.1, 0.15) is 0 Å². The molecule has 0 unspecified atom stereocenters. The van der Waals surface area contributed by atoms with Gasteiger partial charge in [-0.25, -0.2) is 0 Å². The Balaban J connectivity index is 1.02. The number of fused-ring (bicyclic) bond motifs is 1. The van der Waals surface area contributed by atoms with Crippen LogP contribution in [0.4, 0.5) is 17.1 Å². The van der Waals surface area contributed by atoms with Crippen LogP contribution >= 0.6 is 0 Å². The number of para-hydroxylation sites is 2. The summed E-state index contributed by atoms with van der Waals surface area (Å²) in [6, 6.07) is 81.3. The molecule has 0 aliphatic heterocycles. The van der Waals surface area contributed by atoms with E-state index in [9.17, 15) is 0 Å². The lowest BCUT2D eigenvalue weighted by Crippen LogP contribution is -2.09. The third-order valence-corrected chi connectivity index (χ3v) is 10.8. The molecular weight excluding hydrogens is 705 g/mol. The van der Waals surface area contributed by atoms with E-state index in [4.69, 9.17) is 10.2 Å². The molecule has 0 radical (unpaired) electrons. The average Bonchev–Trinajstić information content (AvgIpc) is 3.75. The summed E-state index contributed by atoms with van der Waals surface area (Å²) < 4.78 is 2.20. The predicted octanol–water partition coefficient (Wildman–Crippen LogP) is 14.2. The maximum absolute atomic E-state index is 4.82. The quantitative estimate of drug-likeness (QED) is 0.148. The second-order valence-electron chi connectivity index (χ2n) is 14.3. The van der Waals surface area contributed by atoms with Crippen molar-refractivity contribution in [2.75, 3.05) is 4.90 Å². The summed E-state index contributed by atoms with van der Waals surface area (Å²) in [5.74, 6) is 1.60. The minimum absolute atomic E-state index is 0.793. The summed E-state index contributed by atoms with van der Waals surface area (Å²) in [6.45, 7) is 0. The highest BCUT2D eigenvalue weighted by Crippen LogP contribution is 2.41. The lowest BCUT2D eigenvalue weighted by Gasteiger charge is -2.25. The van der Waals surface area contributed by atoms with Gasteiger partial charge in [-0.2, -0.15) is 0 Å². The van der Waals surface area contributed by atoms with E-state index in [1.165, 1.54) is 22.1 Å². The zero-order chi connectivity index (χ0) is 38.7. The molecule has 10 rings (SSSR count). The molecule has 1 heterocycles. The first kappa shape index (κ1) is 34.7. The predicted molar refractivity (Wildman–Crippen MR) is 241 cm³/mol. The molecule has 0 spiro atoms. The van der Waals surface area contributed by atoms with Crippen LogP contribution in [0.1, 0.15) is 0 Å². The Morgan fingerprint density at radius 2 is 0.690 bits per heavy atom. The topological polar surface area (TPSA) is 34.0 Å². The van der Waals surface area contributed by atoms with Crippen molar-refractivity contribution in [3.8, 4) is 61.8 Å². The summed E-state index contributed by atoms with van der Waals surface area (Å²) in [4.78, 5) is 2.29. The maximum Gasteiger partial charge on any atom is 0.168 e. The average molecular weight is 743 g/mol. The molecular formula is C54H38N4. The van der Waals surface area contributed by atoms with Crippen molar-refractivity contribution in [2.45, 2.75) is 0 Å². The van der Waals surface area contributed by atoms with Crippen molar-refractivity contribution in [2.24, 2.45) is 0 Å². The number of nitrogens with zero attached hydrogens (tertiary/aromatic N) is 4. The molecule has 9 aromatic carbocycles. The molecule has 1 aromatic heterocycles. The van der Waals surface area contributed by atoms with Crippen molar-refractivity contribution in [3.05, 3.63) is 231 Å². The summed E-state index contributed by atoms with van der Waals surface area (Å²) in [5.41, 5.74) is 13.4. The van der Waals surface area contributed by atoms with Gasteiger partial charge in [-0.05, 0) is 81.2 Å². The highest BCUT2D eigenvalue weighted by Gasteiger charge is 2.20.